The number of carbonyl (C=O) groups is 1. The van der Waals surface area contributed by atoms with Crippen LogP contribution in [0, 0.1) is 0 Å². The van der Waals surface area contributed by atoms with Crippen molar-refractivity contribution in [3.8, 4) is 23.0 Å². The molecule has 2 aromatic carbocycles. The molecule has 1 saturated heterocycles. The lowest BCUT2D eigenvalue weighted by Gasteiger charge is -2.35. The zero-order chi connectivity index (χ0) is 24.8. The van der Waals surface area contributed by atoms with E-state index in [1.54, 1.807) is 33.3 Å². The predicted octanol–water partition coefficient (Wildman–Crippen LogP) is 4.05. The third kappa shape index (κ3) is 7.35. The maximum Gasteiger partial charge on any atom is 0.264 e. The Kier molecular flexibility index (Phi) is 12.1. The molecule has 0 N–H and O–H groups in total. The minimum Gasteiger partial charge on any atom is -0.493 e. The quantitative estimate of drug-likeness (QED) is 0.410. The zero-order valence-electron chi connectivity index (χ0n) is 22.2. The van der Waals surface area contributed by atoms with Gasteiger partial charge in [-0.2, -0.15) is 0 Å². The van der Waals surface area contributed by atoms with Gasteiger partial charge in [0.05, 0.1) is 27.0 Å². The number of unbranched alkanes of at least 4 members (excludes halogenated alkanes) is 1. The summed E-state index contributed by atoms with van der Waals surface area (Å²) in [6, 6.07) is 10.2. The number of rotatable bonds is 10. The highest BCUT2D eigenvalue weighted by Gasteiger charge is 2.23. The SMILES string of the molecule is COc1ccc(CN2CCN(CCCCc3ccc4c(c3)OCC(=O)N4C)CC2)c(OC)c1OC.Cl.Cl. The second kappa shape index (κ2) is 14.5. The van der Waals surface area contributed by atoms with Gasteiger partial charge in [0.2, 0.25) is 5.75 Å². The van der Waals surface area contributed by atoms with Crippen LogP contribution in [-0.2, 0) is 17.8 Å². The summed E-state index contributed by atoms with van der Waals surface area (Å²) in [4.78, 5) is 18.5. The highest BCUT2D eigenvalue weighted by atomic mass is 35.5. The van der Waals surface area contributed by atoms with Gasteiger partial charge in [-0.05, 0) is 49.6 Å². The fourth-order valence-corrected chi connectivity index (χ4v) is 4.84. The van der Waals surface area contributed by atoms with Crippen LogP contribution in [0.15, 0.2) is 30.3 Å². The van der Waals surface area contributed by atoms with E-state index in [9.17, 15) is 4.79 Å². The van der Waals surface area contributed by atoms with E-state index in [0.717, 1.165) is 74.9 Å². The molecule has 1 amide bonds. The number of carbonyl (C=O) groups excluding carboxylic acids is 1. The number of benzene rings is 2. The van der Waals surface area contributed by atoms with Gasteiger partial charge in [-0.3, -0.25) is 9.69 Å². The van der Waals surface area contributed by atoms with E-state index in [2.05, 4.69) is 28.0 Å². The molecule has 206 valence electrons. The van der Waals surface area contributed by atoms with E-state index in [4.69, 9.17) is 18.9 Å². The maximum absolute atomic E-state index is 11.8. The molecule has 0 spiro atoms. The Labute approximate surface area is 232 Å². The molecular weight excluding hydrogens is 517 g/mol. The molecule has 0 unspecified atom stereocenters. The molecule has 0 aromatic heterocycles. The Bertz CT molecular complexity index is 1030. The molecule has 2 aliphatic heterocycles. The van der Waals surface area contributed by atoms with Crippen LogP contribution in [0.1, 0.15) is 24.0 Å². The van der Waals surface area contributed by atoms with Crippen molar-refractivity contribution in [3.63, 3.8) is 0 Å². The van der Waals surface area contributed by atoms with Crippen LogP contribution in [0.5, 0.6) is 23.0 Å². The number of hydrogen-bond acceptors (Lipinski definition) is 7. The van der Waals surface area contributed by atoms with Crippen LogP contribution < -0.4 is 23.8 Å². The van der Waals surface area contributed by atoms with E-state index in [1.165, 1.54) is 12.0 Å². The highest BCUT2D eigenvalue weighted by Crippen LogP contribution is 2.40. The maximum atomic E-state index is 11.8. The van der Waals surface area contributed by atoms with Gasteiger partial charge in [-0.15, -0.1) is 24.8 Å². The van der Waals surface area contributed by atoms with E-state index in [0.29, 0.717) is 11.5 Å². The molecule has 2 heterocycles. The fourth-order valence-electron chi connectivity index (χ4n) is 4.84. The number of nitrogens with zero attached hydrogens (tertiary/aromatic N) is 3. The van der Waals surface area contributed by atoms with Crippen LogP contribution in [0.2, 0.25) is 0 Å². The van der Waals surface area contributed by atoms with Crippen molar-refractivity contribution in [3.05, 3.63) is 41.5 Å². The van der Waals surface area contributed by atoms with E-state index >= 15 is 0 Å². The third-order valence-corrected chi connectivity index (χ3v) is 6.95. The number of hydrogen-bond donors (Lipinski definition) is 0. The van der Waals surface area contributed by atoms with Crippen molar-refractivity contribution in [1.82, 2.24) is 9.80 Å². The molecule has 37 heavy (non-hydrogen) atoms. The molecule has 1 fully saturated rings. The van der Waals surface area contributed by atoms with Gasteiger partial charge in [-0.1, -0.05) is 12.1 Å². The second-order valence-corrected chi connectivity index (χ2v) is 9.11. The first-order valence-corrected chi connectivity index (χ1v) is 12.3. The van der Waals surface area contributed by atoms with Gasteiger partial charge in [0.25, 0.3) is 5.91 Å². The van der Waals surface area contributed by atoms with Gasteiger partial charge in [0.1, 0.15) is 5.75 Å². The number of piperazine rings is 1. The number of halogens is 2. The second-order valence-electron chi connectivity index (χ2n) is 9.11. The Morgan fingerprint density at radius 1 is 0.865 bits per heavy atom. The van der Waals surface area contributed by atoms with E-state index in [1.807, 2.05) is 12.1 Å². The number of fused-ring (bicyclic) bond motifs is 1. The molecule has 0 bridgehead atoms. The summed E-state index contributed by atoms with van der Waals surface area (Å²) >= 11 is 0. The molecule has 0 atom stereocenters. The molecular formula is C27H39Cl2N3O5. The monoisotopic (exact) mass is 555 g/mol. The first-order chi connectivity index (χ1) is 17.0. The van der Waals surface area contributed by atoms with E-state index in [-0.39, 0.29) is 37.3 Å². The summed E-state index contributed by atoms with van der Waals surface area (Å²) in [5.74, 6) is 2.89. The van der Waals surface area contributed by atoms with Crippen LogP contribution in [0.3, 0.4) is 0 Å². The molecule has 4 rings (SSSR count). The average molecular weight is 557 g/mol. The molecule has 2 aliphatic rings. The number of likely N-dealkylation sites (N-methyl/N-ethyl adjacent to an activating group) is 1. The first-order valence-electron chi connectivity index (χ1n) is 12.3. The lowest BCUT2D eigenvalue weighted by Crippen LogP contribution is -2.46. The van der Waals surface area contributed by atoms with Crippen molar-refractivity contribution >= 4 is 36.4 Å². The Morgan fingerprint density at radius 3 is 2.24 bits per heavy atom. The molecule has 8 nitrogen and oxygen atoms in total. The predicted molar refractivity (Wildman–Crippen MR) is 151 cm³/mol. The van der Waals surface area contributed by atoms with Crippen molar-refractivity contribution < 1.29 is 23.7 Å². The standard InChI is InChI=1S/C27H37N3O5.2ClH/c1-28-22-10-8-20(17-24(22)35-19-25(28)31)7-5-6-12-29-13-15-30(16-14-29)18-21-9-11-23(32-2)27(34-4)26(21)33-3;;/h8-11,17H,5-7,12-16,18-19H2,1-4H3;2*1H. The summed E-state index contributed by atoms with van der Waals surface area (Å²) in [6.07, 6.45) is 3.32. The topological polar surface area (TPSA) is 63.7 Å². The normalized spacial score (nSPS) is 15.7. The number of amides is 1. The third-order valence-electron chi connectivity index (χ3n) is 6.95. The van der Waals surface area contributed by atoms with Crippen molar-refractivity contribution in [2.45, 2.75) is 25.8 Å². The number of aryl methyl sites for hydroxylation is 1. The van der Waals surface area contributed by atoms with Crippen molar-refractivity contribution in [2.24, 2.45) is 0 Å². The van der Waals surface area contributed by atoms with Crippen LogP contribution in [-0.4, -0.2) is 83.4 Å². The van der Waals surface area contributed by atoms with Gasteiger partial charge in [-0.25, -0.2) is 0 Å². The Morgan fingerprint density at radius 2 is 1.57 bits per heavy atom. The summed E-state index contributed by atoms with van der Waals surface area (Å²) in [5.41, 5.74) is 3.23. The van der Waals surface area contributed by atoms with Crippen LogP contribution in [0.4, 0.5) is 5.69 Å². The number of anilines is 1. The summed E-state index contributed by atoms with van der Waals surface area (Å²) in [7, 11) is 6.76. The largest absolute Gasteiger partial charge is 0.493 e. The Hall–Kier alpha value is -2.39. The molecule has 0 saturated carbocycles. The summed E-state index contributed by atoms with van der Waals surface area (Å²) in [5, 5.41) is 0. The van der Waals surface area contributed by atoms with Gasteiger partial charge < -0.3 is 28.7 Å². The molecule has 0 aliphatic carbocycles. The smallest absolute Gasteiger partial charge is 0.264 e. The van der Waals surface area contributed by atoms with Crippen molar-refractivity contribution in [1.29, 1.82) is 0 Å². The van der Waals surface area contributed by atoms with Crippen LogP contribution >= 0.6 is 24.8 Å². The zero-order valence-corrected chi connectivity index (χ0v) is 23.8. The minimum atomic E-state index is -0.00629. The average Bonchev–Trinajstić information content (AvgIpc) is 2.89. The minimum absolute atomic E-state index is 0. The summed E-state index contributed by atoms with van der Waals surface area (Å²) < 4.78 is 22.2. The van der Waals surface area contributed by atoms with Crippen LogP contribution in [0.25, 0.3) is 0 Å². The lowest BCUT2D eigenvalue weighted by atomic mass is 10.1. The highest BCUT2D eigenvalue weighted by molar-refractivity contribution is 5.97. The fraction of sp³-hybridized carbons (Fsp3) is 0.519. The van der Waals surface area contributed by atoms with Gasteiger partial charge >= 0.3 is 0 Å². The van der Waals surface area contributed by atoms with Gasteiger partial charge in [0.15, 0.2) is 18.1 Å². The molecule has 0 radical (unpaired) electrons. The molecule has 2 aromatic rings. The van der Waals surface area contributed by atoms with E-state index < -0.39 is 0 Å². The first kappa shape index (κ1) is 30.8. The lowest BCUT2D eigenvalue weighted by molar-refractivity contribution is -0.120. The number of methoxy groups -OCH3 is 3. The van der Waals surface area contributed by atoms with Gasteiger partial charge in [0, 0.05) is 45.3 Å². The summed E-state index contributed by atoms with van der Waals surface area (Å²) in [6.45, 7) is 6.28. The molecule has 10 heteroatoms. The Balaban J connectivity index is 0.00000241. The number of ether oxygens (including phenoxy) is 4. The van der Waals surface area contributed by atoms with Crippen molar-refractivity contribution in [2.75, 3.05) is 72.6 Å².